The van der Waals surface area contributed by atoms with Crippen LogP contribution in [0.1, 0.15) is 24.3 Å². The van der Waals surface area contributed by atoms with E-state index < -0.39 is 0 Å². The summed E-state index contributed by atoms with van der Waals surface area (Å²) in [6.07, 6.45) is 2.51. The number of halogens is 2. The summed E-state index contributed by atoms with van der Waals surface area (Å²) in [6.45, 7) is 2.85. The summed E-state index contributed by atoms with van der Waals surface area (Å²) in [4.78, 5) is 4.23. The maximum absolute atomic E-state index is 5.90. The number of nitrogens with zero attached hydrogens (tertiary/aromatic N) is 1. The van der Waals surface area contributed by atoms with Crippen LogP contribution in [0.3, 0.4) is 0 Å². The molecule has 120 valence electrons. The van der Waals surface area contributed by atoms with E-state index >= 15 is 0 Å². The third-order valence-corrected chi connectivity index (χ3v) is 3.44. The van der Waals surface area contributed by atoms with E-state index in [2.05, 4.69) is 22.5 Å². The zero-order chi connectivity index (χ0) is 15.1. The van der Waals surface area contributed by atoms with Crippen LogP contribution in [0.25, 0.3) is 0 Å². The molecular weight excluding hydrogens is 413 g/mol. The van der Waals surface area contributed by atoms with Crippen molar-refractivity contribution in [1.29, 1.82) is 0 Å². The van der Waals surface area contributed by atoms with E-state index in [1.54, 1.807) is 13.3 Å². The largest absolute Gasteiger partial charge is 0.469 e. The predicted molar refractivity (Wildman–Crippen MR) is 102 cm³/mol. The van der Waals surface area contributed by atoms with Gasteiger partial charge in [-0.25, -0.2) is 0 Å². The second-order valence-electron chi connectivity index (χ2n) is 4.75. The monoisotopic (exact) mass is 433 g/mol. The van der Waals surface area contributed by atoms with Crippen LogP contribution in [0, 0.1) is 0 Å². The Kier molecular flexibility index (Phi) is 8.34. The number of guanidine groups is 1. The van der Waals surface area contributed by atoms with Gasteiger partial charge in [-0.15, -0.1) is 24.0 Å². The van der Waals surface area contributed by atoms with Crippen molar-refractivity contribution in [2.24, 2.45) is 4.99 Å². The van der Waals surface area contributed by atoms with Gasteiger partial charge >= 0.3 is 0 Å². The molecule has 2 rings (SSSR count). The first-order valence-corrected chi connectivity index (χ1v) is 7.32. The summed E-state index contributed by atoms with van der Waals surface area (Å²) >= 11 is 5.90. The minimum absolute atomic E-state index is 0. The highest BCUT2D eigenvalue weighted by Crippen LogP contribution is 2.15. The van der Waals surface area contributed by atoms with Gasteiger partial charge in [0, 0.05) is 25.0 Å². The molecule has 1 aromatic carbocycles. The van der Waals surface area contributed by atoms with Gasteiger partial charge in [0.1, 0.15) is 5.76 Å². The fourth-order valence-electron chi connectivity index (χ4n) is 1.99. The molecule has 1 unspecified atom stereocenters. The lowest BCUT2D eigenvalue weighted by atomic mass is 10.1. The molecule has 22 heavy (non-hydrogen) atoms. The molecule has 4 nitrogen and oxygen atoms in total. The smallest absolute Gasteiger partial charge is 0.191 e. The molecule has 0 bridgehead atoms. The van der Waals surface area contributed by atoms with Gasteiger partial charge in [0.05, 0.1) is 12.3 Å². The molecule has 0 spiro atoms. The quantitative estimate of drug-likeness (QED) is 0.425. The van der Waals surface area contributed by atoms with Gasteiger partial charge in [-0.3, -0.25) is 4.99 Å². The summed E-state index contributed by atoms with van der Waals surface area (Å²) in [5, 5.41) is 7.36. The lowest BCUT2D eigenvalue weighted by molar-refractivity contribution is 0.506. The Morgan fingerprint density at radius 3 is 2.59 bits per heavy atom. The summed E-state index contributed by atoms with van der Waals surface area (Å²) in [7, 11) is 1.76. The molecule has 0 amide bonds. The van der Waals surface area contributed by atoms with Crippen LogP contribution in [0.5, 0.6) is 0 Å². The van der Waals surface area contributed by atoms with Crippen molar-refractivity contribution >= 4 is 41.5 Å². The molecule has 2 N–H and O–H groups in total. The third-order valence-electron chi connectivity index (χ3n) is 3.19. The number of nitrogens with one attached hydrogen (secondary N) is 2. The topological polar surface area (TPSA) is 49.6 Å². The summed E-state index contributed by atoms with van der Waals surface area (Å²) in [5.74, 6) is 1.73. The van der Waals surface area contributed by atoms with Gasteiger partial charge in [-0.05, 0) is 36.8 Å². The van der Waals surface area contributed by atoms with E-state index in [0.717, 1.165) is 35.3 Å². The summed E-state index contributed by atoms with van der Waals surface area (Å²) in [5.41, 5.74) is 1.16. The molecule has 0 radical (unpaired) electrons. The Hall–Kier alpha value is -1.21. The van der Waals surface area contributed by atoms with E-state index in [4.69, 9.17) is 16.0 Å². The molecule has 1 aromatic heterocycles. The van der Waals surface area contributed by atoms with E-state index in [1.165, 1.54) is 0 Å². The first kappa shape index (κ1) is 18.8. The zero-order valence-electron chi connectivity index (χ0n) is 12.7. The van der Waals surface area contributed by atoms with Crippen molar-refractivity contribution < 1.29 is 4.42 Å². The van der Waals surface area contributed by atoms with Crippen molar-refractivity contribution in [3.63, 3.8) is 0 Å². The number of aliphatic imine (C=N–C) groups is 1. The molecule has 6 heteroatoms. The highest BCUT2D eigenvalue weighted by Gasteiger charge is 2.07. The summed E-state index contributed by atoms with van der Waals surface area (Å²) in [6, 6.07) is 11.8. The fraction of sp³-hybridized carbons (Fsp3) is 0.312. The van der Waals surface area contributed by atoms with Gasteiger partial charge in [-0.1, -0.05) is 23.7 Å². The normalized spacial score (nSPS) is 12.4. The predicted octanol–water partition coefficient (Wildman–Crippen LogP) is 4.02. The molecule has 1 heterocycles. The number of rotatable bonds is 5. The number of benzene rings is 1. The van der Waals surface area contributed by atoms with Crippen LogP contribution < -0.4 is 10.6 Å². The fourth-order valence-corrected chi connectivity index (χ4v) is 2.12. The minimum atomic E-state index is 0. The van der Waals surface area contributed by atoms with Crippen LogP contribution in [-0.4, -0.2) is 19.6 Å². The lowest BCUT2D eigenvalue weighted by Gasteiger charge is -2.18. The van der Waals surface area contributed by atoms with E-state index in [-0.39, 0.29) is 30.0 Å². The first-order chi connectivity index (χ1) is 10.2. The van der Waals surface area contributed by atoms with Gasteiger partial charge < -0.3 is 15.1 Å². The van der Waals surface area contributed by atoms with Crippen LogP contribution in [-0.2, 0) is 6.42 Å². The molecule has 1 atom stereocenters. The van der Waals surface area contributed by atoms with Crippen molar-refractivity contribution in [2.45, 2.75) is 19.4 Å². The molecular formula is C16H21ClIN3O. The highest BCUT2D eigenvalue weighted by molar-refractivity contribution is 14.0. The second kappa shape index (κ2) is 9.74. The Morgan fingerprint density at radius 2 is 2.00 bits per heavy atom. The Bertz CT molecular complexity index is 570. The second-order valence-corrected chi connectivity index (χ2v) is 5.18. The zero-order valence-corrected chi connectivity index (χ0v) is 15.8. The molecule has 0 saturated heterocycles. The number of hydrogen-bond acceptors (Lipinski definition) is 2. The van der Waals surface area contributed by atoms with Crippen LogP contribution in [0.2, 0.25) is 5.02 Å². The molecule has 2 aromatic rings. The number of hydrogen-bond donors (Lipinski definition) is 2. The van der Waals surface area contributed by atoms with Crippen molar-refractivity contribution in [2.75, 3.05) is 13.6 Å². The van der Waals surface area contributed by atoms with Crippen molar-refractivity contribution in [3.8, 4) is 0 Å². The Labute approximate surface area is 153 Å². The maximum Gasteiger partial charge on any atom is 0.191 e. The van der Waals surface area contributed by atoms with Gasteiger partial charge in [-0.2, -0.15) is 0 Å². The van der Waals surface area contributed by atoms with Crippen LogP contribution in [0.15, 0.2) is 52.1 Å². The average molecular weight is 434 g/mol. The molecule has 0 aliphatic heterocycles. The first-order valence-electron chi connectivity index (χ1n) is 6.94. The molecule has 0 aliphatic carbocycles. The van der Waals surface area contributed by atoms with Gasteiger partial charge in [0.15, 0.2) is 5.96 Å². The average Bonchev–Trinajstić information content (AvgIpc) is 3.00. The minimum Gasteiger partial charge on any atom is -0.469 e. The molecule has 0 saturated carbocycles. The van der Waals surface area contributed by atoms with E-state index in [0.29, 0.717) is 0 Å². The van der Waals surface area contributed by atoms with E-state index in [9.17, 15) is 0 Å². The van der Waals surface area contributed by atoms with Crippen LogP contribution in [0.4, 0.5) is 0 Å². The summed E-state index contributed by atoms with van der Waals surface area (Å²) < 4.78 is 5.30. The molecule has 0 fully saturated rings. The maximum atomic E-state index is 5.90. The van der Waals surface area contributed by atoms with E-state index in [1.807, 2.05) is 36.4 Å². The highest BCUT2D eigenvalue weighted by atomic mass is 127. The lowest BCUT2D eigenvalue weighted by Crippen LogP contribution is -2.39. The standard InChI is InChI=1S/C16H20ClN3O.HI/c1-12(13-5-7-14(17)8-6-13)20-16(18-2)19-10-9-15-4-3-11-21-15;/h3-8,11-12H,9-10H2,1-2H3,(H2,18,19,20);1H. The Balaban J connectivity index is 0.00000242. The third kappa shape index (κ3) is 5.88. The van der Waals surface area contributed by atoms with Crippen molar-refractivity contribution in [3.05, 3.63) is 59.0 Å². The number of furan rings is 1. The van der Waals surface area contributed by atoms with Gasteiger partial charge in [0.2, 0.25) is 0 Å². The van der Waals surface area contributed by atoms with Crippen molar-refractivity contribution in [1.82, 2.24) is 10.6 Å². The molecule has 0 aliphatic rings. The Morgan fingerprint density at radius 1 is 1.27 bits per heavy atom. The van der Waals surface area contributed by atoms with Gasteiger partial charge in [0.25, 0.3) is 0 Å². The SMILES string of the molecule is CN=C(NCCc1ccco1)NC(C)c1ccc(Cl)cc1.I. The van der Waals surface area contributed by atoms with Crippen LogP contribution >= 0.6 is 35.6 Å².